The number of nitrogens with one attached hydrogen (secondary N) is 1. The van der Waals surface area contributed by atoms with Gasteiger partial charge in [-0.1, -0.05) is 18.7 Å². The maximum atomic E-state index is 12.8. The second-order valence-corrected chi connectivity index (χ2v) is 5.95. The Labute approximate surface area is 145 Å². The maximum absolute atomic E-state index is 12.8. The zero-order valence-electron chi connectivity index (χ0n) is 13.7. The largest absolute Gasteiger partial charge is 0.508 e. The van der Waals surface area contributed by atoms with Crippen LogP contribution in [0.4, 0.5) is 5.69 Å². The van der Waals surface area contributed by atoms with Crippen molar-refractivity contribution in [2.45, 2.75) is 20.0 Å². The third kappa shape index (κ3) is 3.06. The van der Waals surface area contributed by atoms with Gasteiger partial charge in [-0.3, -0.25) is 9.59 Å². The van der Waals surface area contributed by atoms with E-state index in [1.54, 1.807) is 17.9 Å². The van der Waals surface area contributed by atoms with Gasteiger partial charge in [0.1, 0.15) is 11.5 Å². The van der Waals surface area contributed by atoms with Crippen molar-refractivity contribution >= 4 is 17.5 Å². The van der Waals surface area contributed by atoms with E-state index in [4.69, 9.17) is 0 Å². The van der Waals surface area contributed by atoms with Gasteiger partial charge in [-0.25, -0.2) is 0 Å². The van der Waals surface area contributed by atoms with Gasteiger partial charge in [0, 0.05) is 30.4 Å². The summed E-state index contributed by atoms with van der Waals surface area (Å²) in [6.07, 6.45) is 1.19. The van der Waals surface area contributed by atoms with Crippen molar-refractivity contribution in [3.05, 3.63) is 65.2 Å². The minimum Gasteiger partial charge on any atom is -0.508 e. The molecule has 0 aliphatic carbocycles. The van der Waals surface area contributed by atoms with Crippen molar-refractivity contribution in [3.8, 4) is 11.5 Å². The Morgan fingerprint density at radius 3 is 2.68 bits per heavy atom. The molecule has 0 saturated heterocycles. The number of benzene rings is 2. The summed E-state index contributed by atoms with van der Waals surface area (Å²) in [4.78, 5) is 26.0. The molecule has 0 atom stereocenters. The van der Waals surface area contributed by atoms with Crippen LogP contribution in [-0.2, 0) is 17.9 Å². The number of phenols is 2. The van der Waals surface area contributed by atoms with Gasteiger partial charge in [0.05, 0.1) is 5.56 Å². The summed E-state index contributed by atoms with van der Waals surface area (Å²) in [5.74, 6) is -0.985. The number of aryl methyl sites for hydroxylation is 1. The molecule has 3 N–H and O–H groups in total. The number of aromatic hydroxyl groups is 2. The van der Waals surface area contributed by atoms with Crippen LogP contribution in [0.3, 0.4) is 0 Å². The van der Waals surface area contributed by atoms with Gasteiger partial charge in [-0.15, -0.1) is 0 Å². The molecule has 6 heteroatoms. The summed E-state index contributed by atoms with van der Waals surface area (Å²) in [7, 11) is 0. The number of nitrogens with zero attached hydrogens (tertiary/aromatic N) is 1. The number of hydrogen-bond donors (Lipinski definition) is 3. The van der Waals surface area contributed by atoms with Crippen LogP contribution >= 0.6 is 0 Å². The number of anilines is 1. The Bertz CT molecular complexity index is 866. The van der Waals surface area contributed by atoms with Crippen LogP contribution in [0.2, 0.25) is 0 Å². The first-order valence-electron chi connectivity index (χ1n) is 7.76. The minimum absolute atomic E-state index is 0.0920. The molecule has 3 rings (SSSR count). The molecule has 2 aromatic rings. The zero-order chi connectivity index (χ0) is 18.1. The molecule has 2 amide bonds. The fraction of sp³-hybridized carbons (Fsp3) is 0.158. The number of hydrogen-bond acceptors (Lipinski definition) is 4. The molecular formula is C19H18N2O4. The van der Waals surface area contributed by atoms with E-state index in [2.05, 4.69) is 11.9 Å². The molecular weight excluding hydrogens is 320 g/mol. The molecule has 1 heterocycles. The lowest BCUT2D eigenvalue weighted by Crippen LogP contribution is -2.26. The highest BCUT2D eigenvalue weighted by molar-refractivity contribution is 6.01. The van der Waals surface area contributed by atoms with Crippen molar-refractivity contribution < 1.29 is 19.8 Å². The third-order valence-electron chi connectivity index (χ3n) is 4.23. The first-order chi connectivity index (χ1) is 11.9. The average Bonchev–Trinajstić information content (AvgIpc) is 2.99. The molecule has 128 valence electrons. The van der Waals surface area contributed by atoms with Crippen molar-refractivity contribution in [1.29, 1.82) is 0 Å². The lowest BCUT2D eigenvalue weighted by atomic mass is 10.1. The summed E-state index contributed by atoms with van der Waals surface area (Å²) in [6, 6.07) is 8.08. The van der Waals surface area contributed by atoms with E-state index in [1.807, 2.05) is 12.1 Å². The number of fused-ring (bicyclic) bond motifs is 1. The van der Waals surface area contributed by atoms with E-state index in [1.165, 1.54) is 12.1 Å². The van der Waals surface area contributed by atoms with E-state index in [9.17, 15) is 19.8 Å². The van der Waals surface area contributed by atoms with Crippen molar-refractivity contribution in [2.24, 2.45) is 0 Å². The quantitative estimate of drug-likeness (QED) is 0.751. The second-order valence-electron chi connectivity index (χ2n) is 5.95. The number of amides is 2. The smallest absolute Gasteiger partial charge is 0.258 e. The Kier molecular flexibility index (Phi) is 4.19. The van der Waals surface area contributed by atoms with Gasteiger partial charge in [-0.2, -0.15) is 0 Å². The van der Waals surface area contributed by atoms with Gasteiger partial charge < -0.3 is 20.4 Å². The lowest BCUT2D eigenvalue weighted by molar-refractivity contribution is -0.111. The Morgan fingerprint density at radius 1 is 1.24 bits per heavy atom. The number of rotatable bonds is 3. The third-order valence-corrected chi connectivity index (χ3v) is 4.23. The summed E-state index contributed by atoms with van der Waals surface area (Å²) >= 11 is 0. The average molecular weight is 338 g/mol. The SMILES string of the molecule is C=CC(=O)Nc1cccc2c1CN(C(=O)c1c(C)cc(O)cc1O)C2. The highest BCUT2D eigenvalue weighted by Gasteiger charge is 2.29. The van der Waals surface area contributed by atoms with E-state index in [0.717, 1.165) is 17.2 Å². The molecule has 1 aliphatic rings. The molecule has 0 fully saturated rings. The molecule has 0 aromatic heterocycles. The molecule has 0 saturated carbocycles. The molecule has 2 aromatic carbocycles. The van der Waals surface area contributed by atoms with Gasteiger partial charge in [-0.05, 0) is 36.3 Å². The Morgan fingerprint density at radius 2 is 2.00 bits per heavy atom. The maximum Gasteiger partial charge on any atom is 0.258 e. The molecule has 0 unspecified atom stereocenters. The molecule has 0 radical (unpaired) electrons. The fourth-order valence-corrected chi connectivity index (χ4v) is 3.05. The van der Waals surface area contributed by atoms with Gasteiger partial charge >= 0.3 is 0 Å². The van der Waals surface area contributed by atoms with Crippen LogP contribution in [0, 0.1) is 6.92 Å². The van der Waals surface area contributed by atoms with Crippen molar-refractivity contribution in [1.82, 2.24) is 4.90 Å². The predicted molar refractivity (Wildman–Crippen MR) is 93.4 cm³/mol. The number of carbonyl (C=O) groups is 2. The predicted octanol–water partition coefficient (Wildman–Crippen LogP) is 2.69. The summed E-state index contributed by atoms with van der Waals surface area (Å²) in [6.45, 7) is 5.79. The molecule has 25 heavy (non-hydrogen) atoms. The number of phenolic OH excluding ortho intramolecular Hbond substituents is 2. The van der Waals surface area contributed by atoms with E-state index in [-0.39, 0.29) is 28.9 Å². The molecule has 1 aliphatic heterocycles. The minimum atomic E-state index is -0.327. The summed E-state index contributed by atoms with van der Waals surface area (Å²) in [5, 5.41) is 22.3. The van der Waals surface area contributed by atoms with E-state index >= 15 is 0 Å². The van der Waals surface area contributed by atoms with E-state index in [0.29, 0.717) is 24.3 Å². The lowest BCUT2D eigenvalue weighted by Gasteiger charge is -2.18. The molecule has 6 nitrogen and oxygen atoms in total. The van der Waals surface area contributed by atoms with Gasteiger partial charge in [0.25, 0.3) is 5.91 Å². The van der Waals surface area contributed by atoms with Gasteiger partial charge in [0.2, 0.25) is 5.91 Å². The van der Waals surface area contributed by atoms with E-state index < -0.39 is 0 Å². The van der Waals surface area contributed by atoms with Crippen LogP contribution in [-0.4, -0.2) is 26.9 Å². The zero-order valence-corrected chi connectivity index (χ0v) is 13.7. The summed E-state index contributed by atoms with van der Waals surface area (Å²) in [5.41, 5.74) is 3.11. The normalized spacial score (nSPS) is 12.6. The van der Waals surface area contributed by atoms with Crippen LogP contribution in [0.1, 0.15) is 27.0 Å². The Hall–Kier alpha value is -3.28. The molecule has 0 bridgehead atoms. The highest BCUT2D eigenvalue weighted by Crippen LogP contribution is 2.33. The monoisotopic (exact) mass is 338 g/mol. The van der Waals surface area contributed by atoms with Crippen LogP contribution in [0.15, 0.2) is 43.0 Å². The van der Waals surface area contributed by atoms with Crippen molar-refractivity contribution in [2.75, 3.05) is 5.32 Å². The second kappa shape index (κ2) is 6.32. The Balaban J connectivity index is 1.90. The highest BCUT2D eigenvalue weighted by atomic mass is 16.3. The van der Waals surface area contributed by atoms with Crippen LogP contribution < -0.4 is 5.32 Å². The topological polar surface area (TPSA) is 89.9 Å². The van der Waals surface area contributed by atoms with Crippen LogP contribution in [0.5, 0.6) is 11.5 Å². The van der Waals surface area contributed by atoms with Crippen molar-refractivity contribution in [3.63, 3.8) is 0 Å². The summed E-state index contributed by atoms with van der Waals surface area (Å²) < 4.78 is 0. The van der Waals surface area contributed by atoms with Gasteiger partial charge in [0.15, 0.2) is 0 Å². The fourth-order valence-electron chi connectivity index (χ4n) is 3.05. The van der Waals surface area contributed by atoms with Crippen LogP contribution in [0.25, 0.3) is 0 Å². The standard InChI is InChI=1S/C19H18N2O4/c1-3-17(24)20-15-6-4-5-12-9-21(10-14(12)15)19(25)18-11(2)7-13(22)8-16(18)23/h3-8,22-23H,1,9-10H2,2H3,(H,20,24). The first-order valence-corrected chi connectivity index (χ1v) is 7.76. The molecule has 0 spiro atoms. The number of carbonyl (C=O) groups excluding carboxylic acids is 2. The first kappa shape index (κ1) is 16.6.